The number of hydrogen-bond acceptors (Lipinski definition) is 5. The number of ether oxygens (including phenoxy) is 2. The third kappa shape index (κ3) is 6.23. The number of anilines is 2. The van der Waals surface area contributed by atoms with Gasteiger partial charge in [0.1, 0.15) is 11.5 Å². The Balaban J connectivity index is 1.33. The van der Waals surface area contributed by atoms with E-state index in [1.54, 1.807) is 32.4 Å². The molecule has 1 aliphatic heterocycles. The van der Waals surface area contributed by atoms with Crippen molar-refractivity contribution in [2.45, 2.75) is 26.2 Å². The fourth-order valence-electron chi connectivity index (χ4n) is 4.36. The van der Waals surface area contributed by atoms with Crippen molar-refractivity contribution < 1.29 is 19.1 Å². The molecular formula is C30H35N3O4. The van der Waals surface area contributed by atoms with Crippen LogP contribution in [0.1, 0.15) is 47.1 Å². The van der Waals surface area contributed by atoms with Gasteiger partial charge in [-0.2, -0.15) is 0 Å². The van der Waals surface area contributed by atoms with Crippen LogP contribution in [0, 0.1) is 0 Å². The zero-order valence-corrected chi connectivity index (χ0v) is 22.2. The predicted molar refractivity (Wildman–Crippen MR) is 147 cm³/mol. The van der Waals surface area contributed by atoms with Gasteiger partial charge in [-0.05, 0) is 59.5 Å². The van der Waals surface area contributed by atoms with Crippen LogP contribution < -0.4 is 19.7 Å². The summed E-state index contributed by atoms with van der Waals surface area (Å²) < 4.78 is 10.6. The zero-order valence-electron chi connectivity index (χ0n) is 22.2. The maximum atomic E-state index is 13.1. The molecule has 1 N–H and O–H groups in total. The summed E-state index contributed by atoms with van der Waals surface area (Å²) in [6.07, 6.45) is 0. The normalized spacial score (nSPS) is 13.8. The highest BCUT2D eigenvalue weighted by Crippen LogP contribution is 2.26. The largest absolute Gasteiger partial charge is 0.497 e. The summed E-state index contributed by atoms with van der Waals surface area (Å²) in [6, 6.07) is 20.8. The van der Waals surface area contributed by atoms with Gasteiger partial charge >= 0.3 is 0 Å². The smallest absolute Gasteiger partial charge is 0.255 e. The summed E-state index contributed by atoms with van der Waals surface area (Å²) in [5.41, 5.74) is 4.23. The summed E-state index contributed by atoms with van der Waals surface area (Å²) in [7, 11) is 3.14. The average Bonchev–Trinajstić information content (AvgIpc) is 2.92. The molecule has 1 aliphatic rings. The van der Waals surface area contributed by atoms with Crippen LogP contribution in [0.4, 0.5) is 11.4 Å². The van der Waals surface area contributed by atoms with Crippen molar-refractivity contribution in [2.24, 2.45) is 0 Å². The Morgan fingerprint density at radius 2 is 1.32 bits per heavy atom. The number of nitrogens with one attached hydrogen (secondary N) is 1. The molecule has 4 rings (SSSR count). The SMILES string of the molecule is COc1cc(OC)cc(C(=O)N2CCN(c3ccc(NC(=O)c4ccc(C(C)(C)C)cc4)cc3)CC2)c1. The molecule has 0 atom stereocenters. The Hall–Kier alpha value is -4.00. The van der Waals surface area contributed by atoms with E-state index in [1.807, 2.05) is 53.4 Å². The van der Waals surface area contributed by atoms with Crippen LogP contribution in [-0.4, -0.2) is 57.1 Å². The molecule has 0 aromatic heterocycles. The van der Waals surface area contributed by atoms with Gasteiger partial charge in [0, 0.05) is 54.7 Å². The lowest BCUT2D eigenvalue weighted by Gasteiger charge is -2.36. The van der Waals surface area contributed by atoms with Crippen molar-refractivity contribution in [3.8, 4) is 11.5 Å². The van der Waals surface area contributed by atoms with Crippen LogP contribution in [0.3, 0.4) is 0 Å². The molecule has 194 valence electrons. The second-order valence-corrected chi connectivity index (χ2v) is 10.2. The van der Waals surface area contributed by atoms with Crippen LogP contribution in [0.5, 0.6) is 11.5 Å². The molecule has 0 spiro atoms. The van der Waals surface area contributed by atoms with Gasteiger partial charge in [0.2, 0.25) is 0 Å². The Morgan fingerprint density at radius 3 is 1.84 bits per heavy atom. The standard InChI is InChI=1S/C30H35N3O4/c1-30(2,3)23-8-6-21(7-9-23)28(34)31-24-10-12-25(13-11-24)32-14-16-33(17-15-32)29(35)22-18-26(36-4)20-27(19-22)37-5/h6-13,18-20H,14-17H2,1-5H3,(H,31,34). The van der Waals surface area contributed by atoms with Gasteiger partial charge < -0.3 is 24.6 Å². The summed E-state index contributed by atoms with van der Waals surface area (Å²) >= 11 is 0. The first-order valence-corrected chi connectivity index (χ1v) is 12.5. The van der Waals surface area contributed by atoms with Gasteiger partial charge in [0.05, 0.1) is 14.2 Å². The van der Waals surface area contributed by atoms with Crippen molar-refractivity contribution >= 4 is 23.2 Å². The first-order chi connectivity index (χ1) is 17.7. The number of carbonyl (C=O) groups excluding carboxylic acids is 2. The van der Waals surface area contributed by atoms with E-state index >= 15 is 0 Å². The van der Waals surface area contributed by atoms with Crippen molar-refractivity contribution in [1.82, 2.24) is 4.90 Å². The Bertz CT molecular complexity index is 1220. The Labute approximate surface area is 219 Å². The van der Waals surface area contributed by atoms with Crippen molar-refractivity contribution in [1.29, 1.82) is 0 Å². The maximum absolute atomic E-state index is 13.1. The monoisotopic (exact) mass is 501 g/mol. The van der Waals surface area contributed by atoms with Gasteiger partial charge in [-0.1, -0.05) is 32.9 Å². The van der Waals surface area contributed by atoms with E-state index in [9.17, 15) is 9.59 Å². The number of amides is 2. The van der Waals surface area contributed by atoms with Crippen molar-refractivity contribution in [3.63, 3.8) is 0 Å². The van der Waals surface area contributed by atoms with Crippen molar-refractivity contribution in [2.75, 3.05) is 50.6 Å². The number of piperazine rings is 1. The molecule has 0 radical (unpaired) electrons. The molecule has 2 amide bonds. The zero-order chi connectivity index (χ0) is 26.6. The highest BCUT2D eigenvalue weighted by Gasteiger charge is 2.23. The topological polar surface area (TPSA) is 71.1 Å². The van der Waals surface area contributed by atoms with Crippen LogP contribution >= 0.6 is 0 Å². The summed E-state index contributed by atoms with van der Waals surface area (Å²) in [6.45, 7) is 9.12. The molecule has 1 saturated heterocycles. The van der Waals surface area contributed by atoms with Gasteiger partial charge in [0.25, 0.3) is 11.8 Å². The highest BCUT2D eigenvalue weighted by molar-refractivity contribution is 6.04. The number of methoxy groups -OCH3 is 2. The molecular weight excluding hydrogens is 466 g/mol. The first kappa shape index (κ1) is 26.1. The van der Waals surface area contributed by atoms with E-state index in [0.717, 1.165) is 24.5 Å². The van der Waals surface area contributed by atoms with Crippen LogP contribution in [0.2, 0.25) is 0 Å². The molecule has 0 bridgehead atoms. The molecule has 7 heteroatoms. The van der Waals surface area contributed by atoms with Gasteiger partial charge in [-0.3, -0.25) is 9.59 Å². The van der Waals surface area contributed by atoms with E-state index < -0.39 is 0 Å². The molecule has 1 heterocycles. The third-order valence-electron chi connectivity index (χ3n) is 6.67. The minimum atomic E-state index is -0.130. The third-order valence-corrected chi connectivity index (χ3v) is 6.67. The summed E-state index contributed by atoms with van der Waals surface area (Å²) in [4.78, 5) is 29.8. The van der Waals surface area contributed by atoms with Gasteiger partial charge in [-0.25, -0.2) is 0 Å². The fourth-order valence-corrected chi connectivity index (χ4v) is 4.36. The van der Waals surface area contributed by atoms with E-state index in [2.05, 4.69) is 31.0 Å². The number of carbonyl (C=O) groups is 2. The molecule has 0 unspecified atom stereocenters. The predicted octanol–water partition coefficient (Wildman–Crippen LogP) is 5.22. The number of rotatable bonds is 6. The fraction of sp³-hybridized carbons (Fsp3) is 0.333. The van der Waals surface area contributed by atoms with Gasteiger partial charge in [-0.15, -0.1) is 0 Å². The maximum Gasteiger partial charge on any atom is 0.255 e. The Kier molecular flexibility index (Phi) is 7.71. The van der Waals surface area contributed by atoms with Crippen LogP contribution in [0.25, 0.3) is 0 Å². The summed E-state index contributed by atoms with van der Waals surface area (Å²) in [5.74, 6) is 1.02. The lowest BCUT2D eigenvalue weighted by Crippen LogP contribution is -2.48. The quantitative estimate of drug-likeness (QED) is 0.502. The molecule has 0 saturated carbocycles. The molecule has 3 aromatic carbocycles. The van der Waals surface area contributed by atoms with Crippen LogP contribution in [0.15, 0.2) is 66.7 Å². The minimum Gasteiger partial charge on any atom is -0.497 e. The lowest BCUT2D eigenvalue weighted by atomic mass is 9.87. The average molecular weight is 502 g/mol. The lowest BCUT2D eigenvalue weighted by molar-refractivity contribution is 0.0746. The molecule has 3 aromatic rings. The summed E-state index contributed by atoms with van der Waals surface area (Å²) in [5, 5.41) is 2.97. The molecule has 7 nitrogen and oxygen atoms in total. The minimum absolute atomic E-state index is 0.0366. The molecule has 1 fully saturated rings. The number of benzene rings is 3. The molecule has 37 heavy (non-hydrogen) atoms. The highest BCUT2D eigenvalue weighted by atomic mass is 16.5. The Morgan fingerprint density at radius 1 is 0.757 bits per heavy atom. The van der Waals surface area contributed by atoms with Gasteiger partial charge in [0.15, 0.2) is 0 Å². The first-order valence-electron chi connectivity index (χ1n) is 12.5. The van der Waals surface area contributed by atoms with E-state index in [-0.39, 0.29) is 17.2 Å². The van der Waals surface area contributed by atoms with E-state index in [4.69, 9.17) is 9.47 Å². The number of hydrogen-bond donors (Lipinski definition) is 1. The van der Waals surface area contributed by atoms with Crippen molar-refractivity contribution in [3.05, 3.63) is 83.4 Å². The van der Waals surface area contributed by atoms with Crippen LogP contribution in [-0.2, 0) is 5.41 Å². The number of nitrogens with zero attached hydrogens (tertiary/aromatic N) is 2. The second-order valence-electron chi connectivity index (χ2n) is 10.2. The van der Waals surface area contributed by atoms with E-state index in [1.165, 1.54) is 5.56 Å². The second kappa shape index (κ2) is 10.9. The molecule has 0 aliphatic carbocycles. The van der Waals surface area contributed by atoms with E-state index in [0.29, 0.717) is 35.7 Å².